The number of hydrogen-bond acceptors (Lipinski definition) is 4. The summed E-state index contributed by atoms with van der Waals surface area (Å²) in [6, 6.07) is 18.6. The van der Waals surface area contributed by atoms with E-state index in [2.05, 4.69) is 58.4 Å². The molecule has 6 nitrogen and oxygen atoms in total. The average Bonchev–Trinajstić information content (AvgIpc) is 2.85. The normalized spacial score (nSPS) is 11.1. The molecule has 0 bridgehead atoms. The highest BCUT2D eigenvalue weighted by Crippen LogP contribution is 2.31. The number of para-hydroxylation sites is 2. The molecule has 0 unspecified atom stereocenters. The highest BCUT2D eigenvalue weighted by Gasteiger charge is 2.14. The topological polar surface area (TPSA) is 77.5 Å². The van der Waals surface area contributed by atoms with Gasteiger partial charge in [0.15, 0.2) is 11.5 Å². The van der Waals surface area contributed by atoms with E-state index >= 15 is 0 Å². The number of nitrogens with one attached hydrogen (secondary N) is 1. The molecule has 0 aliphatic carbocycles. The summed E-state index contributed by atoms with van der Waals surface area (Å²) in [6.07, 6.45) is 7.57. The number of benzene rings is 2. The van der Waals surface area contributed by atoms with Gasteiger partial charge in [0.2, 0.25) is 17.1 Å². The number of nitrogens with two attached hydrogens (primary N) is 1. The van der Waals surface area contributed by atoms with E-state index in [1.54, 1.807) is 14.2 Å². The molecule has 0 fully saturated rings. The lowest BCUT2D eigenvalue weighted by Gasteiger charge is -2.10. The molecule has 3 aromatic rings. The molecule has 0 aliphatic rings. The Morgan fingerprint density at radius 3 is 2.61 bits per heavy atom. The Kier molecular flexibility index (Phi) is 9.27. The summed E-state index contributed by atoms with van der Waals surface area (Å²) in [4.78, 5) is 11.8. The molecular formula is C27H34N3O3+. The van der Waals surface area contributed by atoms with Gasteiger partial charge in [-0.1, -0.05) is 24.3 Å². The first kappa shape index (κ1) is 24.3. The van der Waals surface area contributed by atoms with E-state index in [0.717, 1.165) is 42.8 Å². The van der Waals surface area contributed by atoms with E-state index < -0.39 is 0 Å². The number of pyridine rings is 1. The molecule has 0 saturated heterocycles. The number of hydrogen-bond donors (Lipinski definition) is 2. The van der Waals surface area contributed by atoms with Crippen LogP contribution in [-0.4, -0.2) is 33.2 Å². The third-order valence-corrected chi connectivity index (χ3v) is 5.59. The minimum Gasteiger partial charge on any atom is -0.493 e. The first-order valence-corrected chi connectivity index (χ1v) is 11.5. The maximum absolute atomic E-state index is 11.8. The highest BCUT2D eigenvalue weighted by molar-refractivity contribution is 5.78. The van der Waals surface area contributed by atoms with Crippen LogP contribution in [0.3, 0.4) is 0 Å². The van der Waals surface area contributed by atoms with Crippen LogP contribution in [0.25, 0.3) is 23.1 Å². The van der Waals surface area contributed by atoms with Crippen LogP contribution in [0.4, 0.5) is 0 Å². The molecule has 3 rings (SSSR count). The van der Waals surface area contributed by atoms with Gasteiger partial charge in [0.05, 0.1) is 14.2 Å². The summed E-state index contributed by atoms with van der Waals surface area (Å²) in [5.41, 5.74) is 8.69. The van der Waals surface area contributed by atoms with Gasteiger partial charge in [-0.05, 0) is 37.1 Å². The lowest BCUT2D eigenvalue weighted by Crippen LogP contribution is -2.38. The fraction of sp³-hybridized carbons (Fsp3) is 0.333. The number of aryl methyl sites for hydroxylation is 1. The molecule has 0 radical (unpaired) electrons. The highest BCUT2D eigenvalue weighted by atomic mass is 16.5. The summed E-state index contributed by atoms with van der Waals surface area (Å²) in [5.74, 6) is 1.51. The molecule has 0 spiro atoms. The molecule has 0 aliphatic heterocycles. The molecule has 1 heterocycles. The quantitative estimate of drug-likeness (QED) is 0.325. The van der Waals surface area contributed by atoms with E-state index in [0.29, 0.717) is 25.3 Å². The van der Waals surface area contributed by atoms with Crippen molar-refractivity contribution < 1.29 is 18.8 Å². The Morgan fingerprint density at radius 2 is 1.82 bits per heavy atom. The first-order valence-electron chi connectivity index (χ1n) is 11.5. The van der Waals surface area contributed by atoms with Crippen LogP contribution >= 0.6 is 0 Å². The molecule has 33 heavy (non-hydrogen) atoms. The maximum Gasteiger partial charge on any atom is 0.220 e. The van der Waals surface area contributed by atoms with E-state index in [1.807, 2.05) is 18.2 Å². The molecule has 1 aromatic heterocycles. The molecule has 0 saturated carbocycles. The predicted molar refractivity (Wildman–Crippen MR) is 133 cm³/mol. The van der Waals surface area contributed by atoms with Crippen molar-refractivity contribution in [3.8, 4) is 11.5 Å². The van der Waals surface area contributed by atoms with Crippen LogP contribution in [0.2, 0.25) is 0 Å². The van der Waals surface area contributed by atoms with E-state index in [4.69, 9.17) is 15.2 Å². The van der Waals surface area contributed by atoms with Crippen molar-refractivity contribution in [1.82, 2.24) is 5.32 Å². The van der Waals surface area contributed by atoms with Crippen molar-refractivity contribution >= 4 is 29.0 Å². The molecule has 3 N–H and O–H groups in total. The van der Waals surface area contributed by atoms with Gasteiger partial charge in [0.1, 0.15) is 6.54 Å². The number of aromatic nitrogens is 1. The fourth-order valence-corrected chi connectivity index (χ4v) is 3.92. The van der Waals surface area contributed by atoms with Crippen molar-refractivity contribution in [1.29, 1.82) is 0 Å². The van der Waals surface area contributed by atoms with Gasteiger partial charge >= 0.3 is 0 Å². The van der Waals surface area contributed by atoms with Crippen LogP contribution in [0.5, 0.6) is 11.5 Å². The fourth-order valence-electron chi connectivity index (χ4n) is 3.92. The van der Waals surface area contributed by atoms with Crippen molar-refractivity contribution in [3.63, 3.8) is 0 Å². The molecule has 174 valence electrons. The van der Waals surface area contributed by atoms with Gasteiger partial charge in [-0.2, -0.15) is 4.57 Å². The first-order chi connectivity index (χ1) is 16.2. The molecule has 6 heteroatoms. The third kappa shape index (κ3) is 6.56. The zero-order chi connectivity index (χ0) is 23.5. The smallest absolute Gasteiger partial charge is 0.220 e. The lowest BCUT2D eigenvalue weighted by molar-refractivity contribution is -0.673. The Labute approximate surface area is 196 Å². The second-order valence-corrected chi connectivity index (χ2v) is 7.83. The number of rotatable bonds is 12. The Hall–Kier alpha value is -3.38. The average molecular weight is 449 g/mol. The van der Waals surface area contributed by atoms with Crippen LogP contribution < -0.4 is 25.1 Å². The number of methoxy groups -OCH3 is 2. The number of fused-ring (bicyclic) bond motifs is 1. The van der Waals surface area contributed by atoms with Crippen LogP contribution in [0.1, 0.15) is 36.9 Å². The summed E-state index contributed by atoms with van der Waals surface area (Å²) >= 11 is 0. The van der Waals surface area contributed by atoms with E-state index in [1.165, 1.54) is 10.9 Å². The van der Waals surface area contributed by atoms with Crippen molar-refractivity contribution in [2.45, 2.75) is 32.2 Å². The van der Waals surface area contributed by atoms with Crippen LogP contribution in [0, 0.1) is 0 Å². The number of unbranched alkanes of at least 4 members (excludes halogenated alkanes) is 2. The summed E-state index contributed by atoms with van der Waals surface area (Å²) in [6.45, 7) is 1.89. The minimum atomic E-state index is 0.0779. The van der Waals surface area contributed by atoms with E-state index in [-0.39, 0.29) is 5.91 Å². The number of amides is 1. The second kappa shape index (κ2) is 12.6. The van der Waals surface area contributed by atoms with Crippen molar-refractivity contribution in [3.05, 3.63) is 65.9 Å². The lowest BCUT2D eigenvalue weighted by atomic mass is 10.1. The molecule has 2 aromatic carbocycles. The SMILES string of the molecule is COc1cccc(/C=C/c2ccc3ccccc3[n+]2CCCCCC(=O)NCCN)c1OC. The number of carbonyl (C=O) groups is 1. The largest absolute Gasteiger partial charge is 0.493 e. The Bertz CT molecular complexity index is 1100. The van der Waals surface area contributed by atoms with E-state index in [9.17, 15) is 4.79 Å². The van der Waals surface area contributed by atoms with Gasteiger partial charge in [0.25, 0.3) is 0 Å². The maximum atomic E-state index is 11.8. The third-order valence-electron chi connectivity index (χ3n) is 5.59. The molecular weight excluding hydrogens is 414 g/mol. The minimum absolute atomic E-state index is 0.0779. The molecule has 1 amide bonds. The number of nitrogens with zero attached hydrogens (tertiary/aromatic N) is 1. The van der Waals surface area contributed by atoms with Crippen LogP contribution in [0.15, 0.2) is 54.6 Å². The zero-order valence-corrected chi connectivity index (χ0v) is 19.5. The van der Waals surface area contributed by atoms with Gasteiger partial charge < -0.3 is 20.5 Å². The number of carbonyl (C=O) groups excluding carboxylic acids is 1. The zero-order valence-electron chi connectivity index (χ0n) is 19.5. The summed E-state index contributed by atoms with van der Waals surface area (Å²) < 4.78 is 13.3. The second-order valence-electron chi connectivity index (χ2n) is 7.83. The monoisotopic (exact) mass is 448 g/mol. The standard InChI is InChI=1S/C27H33N3O3/c1-32-25-12-8-10-22(27(25)33-2)15-17-23-16-14-21-9-5-6-11-24(21)30(23)20-7-3-4-13-26(31)29-19-18-28/h5-6,8-12,14-17H,3-4,7,13,18-20,28H2,1-2H3/p+1/b17-15+. The van der Waals surface area contributed by atoms with Gasteiger partial charge in [-0.15, -0.1) is 0 Å². The van der Waals surface area contributed by atoms with Crippen molar-refractivity contribution in [2.24, 2.45) is 5.73 Å². The summed E-state index contributed by atoms with van der Waals surface area (Å²) in [7, 11) is 3.30. The number of ether oxygens (including phenoxy) is 2. The Morgan fingerprint density at radius 1 is 0.970 bits per heavy atom. The molecule has 0 atom stereocenters. The van der Waals surface area contributed by atoms with Crippen LogP contribution in [-0.2, 0) is 11.3 Å². The Balaban J connectivity index is 1.77. The van der Waals surface area contributed by atoms with Gasteiger partial charge in [-0.3, -0.25) is 4.79 Å². The van der Waals surface area contributed by atoms with Crippen molar-refractivity contribution in [2.75, 3.05) is 27.3 Å². The predicted octanol–water partition coefficient (Wildman–Crippen LogP) is 3.95. The van der Waals surface area contributed by atoms with Gasteiger partial charge in [-0.25, -0.2) is 0 Å². The van der Waals surface area contributed by atoms with Gasteiger partial charge in [0, 0.05) is 55.1 Å². The summed E-state index contributed by atoms with van der Waals surface area (Å²) in [5, 5.41) is 4.03.